The highest BCUT2D eigenvalue weighted by atomic mass is 79.9. The minimum absolute atomic E-state index is 0.136. The zero-order chi connectivity index (χ0) is 7.44. The minimum atomic E-state index is -1.47. The number of rotatable bonds is 3. The van der Waals surface area contributed by atoms with Crippen LogP contribution in [0, 0.1) is 0 Å². The molecule has 0 heterocycles. The van der Waals surface area contributed by atoms with E-state index in [0.29, 0.717) is 0 Å². The lowest BCUT2D eigenvalue weighted by molar-refractivity contribution is -0.130. The number of amides is 1. The molecule has 0 aromatic carbocycles. The normalized spacial score (nSPS) is 16.8. The summed E-state index contributed by atoms with van der Waals surface area (Å²) < 4.78 is 0. The van der Waals surface area contributed by atoms with Crippen LogP contribution in [-0.2, 0) is 4.79 Å². The average Bonchev–Trinajstić information content (AvgIpc) is 1.84. The van der Waals surface area contributed by atoms with Gasteiger partial charge in [0, 0.05) is 5.33 Å². The molecule has 1 amide bonds. The van der Waals surface area contributed by atoms with Crippen LogP contribution in [-0.4, -0.2) is 33.7 Å². The van der Waals surface area contributed by atoms with Crippen molar-refractivity contribution in [1.29, 1.82) is 0 Å². The van der Waals surface area contributed by atoms with Gasteiger partial charge in [0.05, 0.1) is 6.10 Å². The van der Waals surface area contributed by atoms with Gasteiger partial charge in [-0.2, -0.15) is 0 Å². The van der Waals surface area contributed by atoms with Crippen LogP contribution in [0.15, 0.2) is 0 Å². The number of primary amides is 1. The van der Waals surface area contributed by atoms with E-state index < -0.39 is 18.1 Å². The van der Waals surface area contributed by atoms with Crippen LogP contribution in [0.4, 0.5) is 0 Å². The Hall–Kier alpha value is -0.130. The summed E-state index contributed by atoms with van der Waals surface area (Å²) in [6.07, 6.45) is -2.58. The van der Waals surface area contributed by atoms with Gasteiger partial charge in [-0.1, -0.05) is 15.9 Å². The Bertz CT molecular complexity index is 108. The van der Waals surface area contributed by atoms with Gasteiger partial charge in [0.1, 0.15) is 0 Å². The van der Waals surface area contributed by atoms with Crippen LogP contribution in [0.5, 0.6) is 0 Å². The molecule has 0 unspecified atom stereocenters. The second-order valence-electron chi connectivity index (χ2n) is 1.57. The maximum atomic E-state index is 10.1. The van der Waals surface area contributed by atoms with Gasteiger partial charge >= 0.3 is 0 Å². The predicted octanol–water partition coefficient (Wildman–Crippen LogP) is -1.41. The van der Waals surface area contributed by atoms with E-state index in [2.05, 4.69) is 21.7 Å². The van der Waals surface area contributed by atoms with E-state index in [4.69, 9.17) is 10.2 Å². The van der Waals surface area contributed by atoms with Crippen LogP contribution in [0.1, 0.15) is 0 Å². The molecule has 5 heteroatoms. The summed E-state index contributed by atoms with van der Waals surface area (Å²) in [5.74, 6) is -0.915. The second-order valence-corrected chi connectivity index (χ2v) is 2.22. The first kappa shape index (κ1) is 8.87. The van der Waals surface area contributed by atoms with Gasteiger partial charge < -0.3 is 15.9 Å². The number of carbonyl (C=O) groups is 1. The smallest absolute Gasteiger partial charge is 0.249 e. The number of halogens is 1. The first-order valence-corrected chi connectivity index (χ1v) is 3.43. The molecule has 0 fully saturated rings. The Morgan fingerprint density at radius 3 is 2.22 bits per heavy atom. The van der Waals surface area contributed by atoms with Gasteiger partial charge in [0.2, 0.25) is 5.91 Å². The van der Waals surface area contributed by atoms with E-state index in [1.54, 1.807) is 0 Å². The Morgan fingerprint density at radius 2 is 2.11 bits per heavy atom. The van der Waals surface area contributed by atoms with E-state index in [1.807, 2.05) is 0 Å². The highest BCUT2D eigenvalue weighted by molar-refractivity contribution is 9.09. The maximum Gasteiger partial charge on any atom is 0.249 e. The van der Waals surface area contributed by atoms with E-state index in [0.717, 1.165) is 0 Å². The summed E-state index contributed by atoms with van der Waals surface area (Å²) in [5.41, 5.74) is 4.64. The largest absolute Gasteiger partial charge is 0.389 e. The first-order chi connectivity index (χ1) is 4.09. The topological polar surface area (TPSA) is 83.6 Å². The summed E-state index contributed by atoms with van der Waals surface area (Å²) >= 11 is 2.87. The summed E-state index contributed by atoms with van der Waals surface area (Å²) in [7, 11) is 0. The number of hydrogen-bond donors (Lipinski definition) is 3. The standard InChI is InChI=1S/C4H8BrNO3/c5-1-2(7)3(8)4(6)9/h2-3,7-8H,1H2,(H2,6,9)/t2-,3-/m1/s1. The Labute approximate surface area is 60.8 Å². The molecular formula is C4H8BrNO3. The van der Waals surface area contributed by atoms with Crippen LogP contribution >= 0.6 is 15.9 Å². The highest BCUT2D eigenvalue weighted by Crippen LogP contribution is 1.95. The lowest BCUT2D eigenvalue weighted by atomic mass is 10.2. The van der Waals surface area contributed by atoms with Gasteiger partial charge in [-0.25, -0.2) is 0 Å². The van der Waals surface area contributed by atoms with Crippen molar-refractivity contribution in [2.75, 3.05) is 5.33 Å². The van der Waals surface area contributed by atoms with Crippen molar-refractivity contribution in [2.45, 2.75) is 12.2 Å². The molecule has 0 radical (unpaired) electrons. The third-order valence-electron chi connectivity index (χ3n) is 0.814. The van der Waals surface area contributed by atoms with Crippen molar-refractivity contribution in [2.24, 2.45) is 5.73 Å². The summed E-state index contributed by atoms with van der Waals surface area (Å²) in [6, 6.07) is 0. The zero-order valence-corrected chi connectivity index (χ0v) is 6.21. The quantitative estimate of drug-likeness (QED) is 0.487. The molecule has 0 aliphatic carbocycles. The van der Waals surface area contributed by atoms with E-state index >= 15 is 0 Å². The number of aliphatic hydroxyl groups excluding tert-OH is 2. The van der Waals surface area contributed by atoms with Crippen molar-refractivity contribution in [3.05, 3.63) is 0 Å². The molecule has 54 valence electrons. The molecule has 4 N–H and O–H groups in total. The number of nitrogens with two attached hydrogens (primary N) is 1. The van der Waals surface area contributed by atoms with E-state index in [9.17, 15) is 4.79 Å². The summed E-state index contributed by atoms with van der Waals surface area (Å²) in [4.78, 5) is 10.1. The minimum Gasteiger partial charge on any atom is -0.389 e. The number of carbonyl (C=O) groups excluding carboxylic acids is 1. The molecule has 0 saturated carbocycles. The monoisotopic (exact) mass is 197 g/mol. The lowest BCUT2D eigenvalue weighted by Gasteiger charge is -2.10. The third-order valence-corrected chi connectivity index (χ3v) is 1.48. The van der Waals surface area contributed by atoms with Gasteiger partial charge in [0.15, 0.2) is 6.10 Å². The van der Waals surface area contributed by atoms with Gasteiger partial charge in [-0.15, -0.1) is 0 Å². The summed E-state index contributed by atoms with van der Waals surface area (Å²) in [5, 5.41) is 17.5. The van der Waals surface area contributed by atoms with E-state index in [-0.39, 0.29) is 5.33 Å². The molecule has 9 heavy (non-hydrogen) atoms. The van der Waals surface area contributed by atoms with Crippen molar-refractivity contribution in [1.82, 2.24) is 0 Å². The maximum absolute atomic E-state index is 10.1. The molecule has 0 saturated heterocycles. The molecule has 0 aliphatic heterocycles. The molecule has 0 spiro atoms. The predicted molar refractivity (Wildman–Crippen MR) is 35.0 cm³/mol. The van der Waals surface area contributed by atoms with Crippen molar-refractivity contribution in [3.63, 3.8) is 0 Å². The van der Waals surface area contributed by atoms with E-state index in [1.165, 1.54) is 0 Å². The van der Waals surface area contributed by atoms with Crippen LogP contribution in [0.2, 0.25) is 0 Å². The molecule has 0 aromatic rings. The summed E-state index contributed by atoms with van der Waals surface area (Å²) in [6.45, 7) is 0. The average molecular weight is 198 g/mol. The van der Waals surface area contributed by atoms with Crippen molar-refractivity contribution >= 4 is 21.8 Å². The molecule has 0 aromatic heterocycles. The Kier molecular flexibility index (Phi) is 3.76. The fraction of sp³-hybridized carbons (Fsp3) is 0.750. The van der Waals surface area contributed by atoms with Gasteiger partial charge in [-0.3, -0.25) is 4.79 Å². The van der Waals surface area contributed by atoms with Crippen LogP contribution in [0.25, 0.3) is 0 Å². The number of hydrogen-bond acceptors (Lipinski definition) is 3. The SMILES string of the molecule is NC(=O)[C@H](O)[C@H](O)CBr. The zero-order valence-electron chi connectivity index (χ0n) is 4.62. The number of aliphatic hydroxyl groups is 2. The highest BCUT2D eigenvalue weighted by Gasteiger charge is 2.19. The van der Waals surface area contributed by atoms with Gasteiger partial charge in [-0.05, 0) is 0 Å². The Morgan fingerprint density at radius 1 is 1.67 bits per heavy atom. The van der Waals surface area contributed by atoms with Crippen molar-refractivity contribution in [3.8, 4) is 0 Å². The van der Waals surface area contributed by atoms with Crippen LogP contribution < -0.4 is 5.73 Å². The van der Waals surface area contributed by atoms with Gasteiger partial charge in [0.25, 0.3) is 0 Å². The van der Waals surface area contributed by atoms with Crippen molar-refractivity contribution < 1.29 is 15.0 Å². The van der Waals surface area contributed by atoms with Crippen LogP contribution in [0.3, 0.4) is 0 Å². The molecule has 2 atom stereocenters. The Balaban J connectivity index is 3.72. The molecular weight excluding hydrogens is 190 g/mol. The molecule has 0 aliphatic rings. The fourth-order valence-electron chi connectivity index (χ4n) is 0.274. The fourth-order valence-corrected chi connectivity index (χ4v) is 0.628. The molecule has 0 rings (SSSR count). The molecule has 4 nitrogen and oxygen atoms in total. The number of alkyl halides is 1. The lowest BCUT2D eigenvalue weighted by Crippen LogP contribution is -2.39. The molecule has 0 bridgehead atoms. The third kappa shape index (κ3) is 2.78. The second kappa shape index (κ2) is 3.81. The first-order valence-electron chi connectivity index (χ1n) is 2.31.